The highest BCUT2D eigenvalue weighted by molar-refractivity contribution is 6.26. The van der Waals surface area contributed by atoms with E-state index >= 15 is 0 Å². The van der Waals surface area contributed by atoms with Gasteiger partial charge in [0.2, 0.25) is 0 Å². The molecule has 120 valence electrons. The van der Waals surface area contributed by atoms with Crippen molar-refractivity contribution >= 4 is 28.3 Å². The Hall–Kier alpha value is -2.40. The molecule has 0 saturated heterocycles. The van der Waals surface area contributed by atoms with Crippen LogP contribution >= 0.6 is 0 Å². The van der Waals surface area contributed by atoms with Gasteiger partial charge in [0.1, 0.15) is 0 Å². The molecule has 0 saturated carbocycles. The molecule has 3 rings (SSSR count). The molecule has 2 aromatic carbocycles. The minimum atomic E-state index is -0.235. The molecule has 0 fully saturated rings. The fourth-order valence-electron chi connectivity index (χ4n) is 3.02. The molecule has 0 radical (unpaired) electrons. The molecule has 5 nitrogen and oxygen atoms in total. The number of imide groups is 1. The van der Waals surface area contributed by atoms with Crippen LogP contribution in [0.2, 0.25) is 0 Å². The number of aliphatic hydroxyl groups excluding tert-OH is 1. The van der Waals surface area contributed by atoms with E-state index in [-0.39, 0.29) is 24.3 Å². The fraction of sp³-hybridized carbons (Fsp3) is 0.333. The highest BCUT2D eigenvalue weighted by Crippen LogP contribution is 2.34. The van der Waals surface area contributed by atoms with Crippen LogP contribution in [0.25, 0.3) is 10.8 Å². The van der Waals surface area contributed by atoms with Gasteiger partial charge >= 0.3 is 0 Å². The lowest BCUT2D eigenvalue weighted by Gasteiger charge is -2.29. The van der Waals surface area contributed by atoms with E-state index < -0.39 is 0 Å². The van der Waals surface area contributed by atoms with Crippen LogP contribution in [0, 0.1) is 5.92 Å². The summed E-state index contributed by atoms with van der Waals surface area (Å²) >= 11 is 0. The summed E-state index contributed by atoms with van der Waals surface area (Å²) in [7, 11) is 0. The Balaban J connectivity index is 2.17. The fourth-order valence-corrected chi connectivity index (χ4v) is 3.02. The second kappa shape index (κ2) is 6.01. The number of hydrogen-bond acceptors (Lipinski definition) is 4. The number of benzene rings is 2. The summed E-state index contributed by atoms with van der Waals surface area (Å²) in [5.41, 5.74) is 1.94. The van der Waals surface area contributed by atoms with E-state index in [9.17, 15) is 9.59 Å². The Bertz CT molecular complexity index is 761. The number of nitrogens with zero attached hydrogens (tertiary/aromatic N) is 1. The Labute approximate surface area is 134 Å². The predicted octanol–water partition coefficient (Wildman–Crippen LogP) is 2.50. The van der Waals surface area contributed by atoms with Gasteiger partial charge in [0, 0.05) is 40.7 Å². The molecule has 23 heavy (non-hydrogen) atoms. The van der Waals surface area contributed by atoms with Gasteiger partial charge in [-0.25, -0.2) is 0 Å². The molecule has 1 aliphatic heterocycles. The molecule has 1 aliphatic rings. The minimum Gasteiger partial charge on any atom is -0.395 e. The molecular weight excluding hydrogens is 292 g/mol. The van der Waals surface area contributed by atoms with E-state index in [1.165, 1.54) is 4.90 Å². The molecule has 0 spiro atoms. The number of carbonyl (C=O) groups excluding carboxylic acids is 2. The van der Waals surface area contributed by atoms with Crippen LogP contribution in [0.3, 0.4) is 0 Å². The first-order valence-electron chi connectivity index (χ1n) is 7.81. The van der Waals surface area contributed by atoms with Gasteiger partial charge in [0.05, 0.1) is 6.61 Å². The van der Waals surface area contributed by atoms with E-state index in [1.807, 2.05) is 32.0 Å². The number of rotatable bonds is 5. The second-order valence-corrected chi connectivity index (χ2v) is 6.15. The summed E-state index contributed by atoms with van der Waals surface area (Å²) in [5, 5.41) is 13.7. The van der Waals surface area contributed by atoms with Crippen molar-refractivity contribution in [1.82, 2.24) is 4.90 Å². The SMILES string of the molecule is CC(C)CN1C(=O)c2cccc3c(NCCO)ccc(c23)C1=O. The Morgan fingerprint density at radius 2 is 1.78 bits per heavy atom. The quantitative estimate of drug-likeness (QED) is 0.832. The van der Waals surface area contributed by atoms with Crippen molar-refractivity contribution in [3.8, 4) is 0 Å². The molecule has 0 atom stereocenters. The lowest BCUT2D eigenvalue weighted by atomic mass is 9.92. The van der Waals surface area contributed by atoms with Gasteiger partial charge in [-0.15, -0.1) is 0 Å². The van der Waals surface area contributed by atoms with Crippen LogP contribution in [0.5, 0.6) is 0 Å². The maximum Gasteiger partial charge on any atom is 0.261 e. The Morgan fingerprint density at radius 1 is 1.09 bits per heavy atom. The smallest absolute Gasteiger partial charge is 0.261 e. The first kappa shape index (κ1) is 15.5. The maximum absolute atomic E-state index is 12.7. The van der Waals surface area contributed by atoms with E-state index in [4.69, 9.17) is 5.11 Å². The summed E-state index contributed by atoms with van der Waals surface area (Å²) < 4.78 is 0. The molecule has 5 heteroatoms. The third-order valence-corrected chi connectivity index (χ3v) is 3.97. The van der Waals surface area contributed by atoms with E-state index in [1.54, 1.807) is 12.1 Å². The molecule has 2 aromatic rings. The molecular formula is C18H20N2O3. The average molecular weight is 312 g/mol. The number of anilines is 1. The van der Waals surface area contributed by atoms with Crippen LogP contribution in [0.1, 0.15) is 34.6 Å². The van der Waals surface area contributed by atoms with Crippen LogP contribution in [0.4, 0.5) is 5.69 Å². The van der Waals surface area contributed by atoms with Crippen LogP contribution < -0.4 is 5.32 Å². The normalized spacial score (nSPS) is 14.0. The standard InChI is InChI=1S/C18H20N2O3/c1-11(2)10-20-17(22)13-5-3-4-12-15(19-8-9-21)7-6-14(16(12)13)18(20)23/h3-7,11,19,21H,8-10H2,1-2H3. The summed E-state index contributed by atoms with van der Waals surface area (Å²) in [6, 6.07) is 9.07. The van der Waals surface area contributed by atoms with Gasteiger partial charge in [-0.3, -0.25) is 14.5 Å². The van der Waals surface area contributed by atoms with Crippen molar-refractivity contribution in [3.05, 3.63) is 41.5 Å². The number of aliphatic hydroxyl groups is 1. The van der Waals surface area contributed by atoms with Gasteiger partial charge in [-0.2, -0.15) is 0 Å². The minimum absolute atomic E-state index is 0.0168. The maximum atomic E-state index is 12.7. The summed E-state index contributed by atoms with van der Waals surface area (Å²) in [6.45, 7) is 4.82. The predicted molar refractivity (Wildman–Crippen MR) is 89.7 cm³/mol. The second-order valence-electron chi connectivity index (χ2n) is 6.15. The molecule has 0 unspecified atom stereocenters. The van der Waals surface area contributed by atoms with Crippen molar-refractivity contribution in [1.29, 1.82) is 0 Å². The highest BCUT2D eigenvalue weighted by atomic mass is 16.3. The lowest BCUT2D eigenvalue weighted by molar-refractivity contribution is 0.0592. The number of nitrogens with one attached hydrogen (secondary N) is 1. The molecule has 2 N–H and O–H groups in total. The number of carbonyl (C=O) groups is 2. The van der Waals surface area contributed by atoms with Gasteiger partial charge in [0.25, 0.3) is 11.8 Å². The average Bonchev–Trinajstić information content (AvgIpc) is 2.54. The summed E-state index contributed by atoms with van der Waals surface area (Å²) in [5.74, 6) is -0.253. The van der Waals surface area contributed by atoms with E-state index in [0.717, 1.165) is 11.1 Å². The van der Waals surface area contributed by atoms with Crippen molar-refractivity contribution < 1.29 is 14.7 Å². The Morgan fingerprint density at radius 3 is 2.43 bits per heavy atom. The third-order valence-electron chi connectivity index (χ3n) is 3.97. The van der Waals surface area contributed by atoms with Crippen molar-refractivity contribution in [2.45, 2.75) is 13.8 Å². The van der Waals surface area contributed by atoms with Crippen molar-refractivity contribution in [2.24, 2.45) is 5.92 Å². The molecule has 0 aliphatic carbocycles. The topological polar surface area (TPSA) is 69.6 Å². The number of hydrogen-bond donors (Lipinski definition) is 2. The van der Waals surface area contributed by atoms with Gasteiger partial charge in [-0.1, -0.05) is 26.0 Å². The zero-order chi connectivity index (χ0) is 16.6. The molecule has 2 amide bonds. The van der Waals surface area contributed by atoms with Gasteiger partial charge < -0.3 is 10.4 Å². The van der Waals surface area contributed by atoms with Crippen molar-refractivity contribution in [3.63, 3.8) is 0 Å². The van der Waals surface area contributed by atoms with Gasteiger partial charge in [-0.05, 0) is 24.1 Å². The number of amides is 2. The first-order valence-corrected chi connectivity index (χ1v) is 7.81. The zero-order valence-corrected chi connectivity index (χ0v) is 13.3. The zero-order valence-electron chi connectivity index (χ0n) is 13.3. The summed E-state index contributed by atoms with van der Waals surface area (Å²) in [4.78, 5) is 26.8. The molecule has 0 aromatic heterocycles. The van der Waals surface area contributed by atoms with Crippen LogP contribution in [0.15, 0.2) is 30.3 Å². The summed E-state index contributed by atoms with van der Waals surface area (Å²) in [6.07, 6.45) is 0. The van der Waals surface area contributed by atoms with E-state index in [2.05, 4.69) is 5.32 Å². The largest absolute Gasteiger partial charge is 0.395 e. The lowest BCUT2D eigenvalue weighted by Crippen LogP contribution is -2.42. The van der Waals surface area contributed by atoms with Gasteiger partial charge in [0.15, 0.2) is 0 Å². The van der Waals surface area contributed by atoms with Crippen LogP contribution in [-0.4, -0.2) is 41.5 Å². The van der Waals surface area contributed by atoms with E-state index in [0.29, 0.717) is 29.6 Å². The monoisotopic (exact) mass is 312 g/mol. The van der Waals surface area contributed by atoms with Crippen molar-refractivity contribution in [2.75, 3.05) is 25.0 Å². The molecule has 0 bridgehead atoms. The molecule has 1 heterocycles. The Kier molecular flexibility index (Phi) is 4.05. The van der Waals surface area contributed by atoms with Crippen LogP contribution in [-0.2, 0) is 0 Å². The first-order chi connectivity index (χ1) is 11.0. The third kappa shape index (κ3) is 2.57. The highest BCUT2D eigenvalue weighted by Gasteiger charge is 2.33.